The summed E-state index contributed by atoms with van der Waals surface area (Å²) in [6.07, 6.45) is 0.400. The fourth-order valence-electron chi connectivity index (χ4n) is 3.43. The van der Waals surface area contributed by atoms with Crippen LogP contribution in [0.5, 0.6) is 0 Å². The standard InChI is InChI=1S/C16H19NO4/c1-11(12-5-3-2-4-6-12)17-10-16(15(19)20)7-8-21-9-13(16)14(17)18/h2-6,11,13H,7-10H2,1H3,(H,19,20)/t11-,13-,16-/m1/s1. The fourth-order valence-corrected chi connectivity index (χ4v) is 3.43. The molecule has 5 heteroatoms. The average Bonchev–Trinajstić information content (AvgIpc) is 2.82. The molecule has 2 aliphatic rings. The smallest absolute Gasteiger partial charge is 0.312 e. The Morgan fingerprint density at radius 2 is 2.14 bits per heavy atom. The third-order valence-electron chi connectivity index (χ3n) is 4.85. The minimum atomic E-state index is -0.988. The van der Waals surface area contributed by atoms with Crippen molar-refractivity contribution in [2.24, 2.45) is 11.3 Å². The lowest BCUT2D eigenvalue weighted by Gasteiger charge is -2.33. The molecule has 2 saturated heterocycles. The van der Waals surface area contributed by atoms with Crippen LogP contribution in [0.25, 0.3) is 0 Å². The molecule has 0 bridgehead atoms. The molecule has 0 unspecified atom stereocenters. The second-order valence-corrected chi connectivity index (χ2v) is 5.89. The summed E-state index contributed by atoms with van der Waals surface area (Å²) in [5.41, 5.74) is 0.0317. The largest absolute Gasteiger partial charge is 0.481 e. The maximum atomic E-state index is 12.6. The lowest BCUT2D eigenvalue weighted by atomic mass is 9.74. The summed E-state index contributed by atoms with van der Waals surface area (Å²) in [6, 6.07) is 9.58. The van der Waals surface area contributed by atoms with Gasteiger partial charge in [-0.1, -0.05) is 30.3 Å². The number of carbonyl (C=O) groups excluding carboxylic acids is 1. The number of hydrogen-bond donors (Lipinski definition) is 1. The zero-order chi connectivity index (χ0) is 15.0. The SMILES string of the molecule is C[C@H](c1ccccc1)N1C[C@]2(C(=O)O)CCOC[C@@H]2C1=O. The number of hydrogen-bond acceptors (Lipinski definition) is 3. The zero-order valence-corrected chi connectivity index (χ0v) is 12.0. The van der Waals surface area contributed by atoms with Gasteiger partial charge in [0.25, 0.3) is 0 Å². The van der Waals surface area contributed by atoms with Gasteiger partial charge in [0.15, 0.2) is 0 Å². The van der Waals surface area contributed by atoms with Crippen LogP contribution in [0.3, 0.4) is 0 Å². The first-order chi connectivity index (χ1) is 10.1. The van der Waals surface area contributed by atoms with E-state index in [4.69, 9.17) is 4.74 Å². The third-order valence-corrected chi connectivity index (χ3v) is 4.85. The number of carboxylic acids is 1. The molecule has 3 rings (SSSR count). The Balaban J connectivity index is 1.92. The summed E-state index contributed by atoms with van der Waals surface area (Å²) in [7, 11) is 0. The number of ether oxygens (including phenoxy) is 1. The normalized spacial score (nSPS) is 30.0. The van der Waals surface area contributed by atoms with Gasteiger partial charge in [-0.3, -0.25) is 9.59 Å². The van der Waals surface area contributed by atoms with Crippen LogP contribution in [0.2, 0.25) is 0 Å². The van der Waals surface area contributed by atoms with E-state index < -0.39 is 17.3 Å². The number of carboxylic acid groups (broad SMARTS) is 1. The molecule has 0 radical (unpaired) electrons. The number of rotatable bonds is 3. The van der Waals surface area contributed by atoms with Crippen LogP contribution in [0, 0.1) is 11.3 Å². The molecule has 112 valence electrons. The Labute approximate surface area is 123 Å². The molecule has 0 aliphatic carbocycles. The van der Waals surface area contributed by atoms with Crippen molar-refractivity contribution in [1.29, 1.82) is 0 Å². The van der Waals surface area contributed by atoms with Crippen LogP contribution >= 0.6 is 0 Å². The monoisotopic (exact) mass is 289 g/mol. The second-order valence-electron chi connectivity index (χ2n) is 5.89. The van der Waals surface area contributed by atoms with E-state index in [1.54, 1.807) is 4.90 Å². The van der Waals surface area contributed by atoms with Crippen molar-refractivity contribution in [3.05, 3.63) is 35.9 Å². The first-order valence-electron chi connectivity index (χ1n) is 7.23. The van der Waals surface area contributed by atoms with Crippen LogP contribution < -0.4 is 0 Å². The van der Waals surface area contributed by atoms with Crippen molar-refractivity contribution < 1.29 is 19.4 Å². The van der Waals surface area contributed by atoms with Crippen LogP contribution in [-0.4, -0.2) is 41.6 Å². The number of amides is 1. The molecular weight excluding hydrogens is 270 g/mol. The first-order valence-corrected chi connectivity index (χ1v) is 7.23. The van der Waals surface area contributed by atoms with Crippen LogP contribution in [-0.2, 0) is 14.3 Å². The highest BCUT2D eigenvalue weighted by molar-refractivity contribution is 5.91. The number of benzene rings is 1. The van der Waals surface area contributed by atoms with Crippen molar-refractivity contribution in [1.82, 2.24) is 4.90 Å². The molecule has 2 aliphatic heterocycles. The Bertz CT molecular complexity index is 559. The van der Waals surface area contributed by atoms with E-state index in [1.165, 1.54) is 0 Å². The Morgan fingerprint density at radius 1 is 1.43 bits per heavy atom. The van der Waals surface area contributed by atoms with Crippen molar-refractivity contribution >= 4 is 11.9 Å². The summed E-state index contributed by atoms with van der Waals surface area (Å²) in [5.74, 6) is -1.55. The van der Waals surface area contributed by atoms with Crippen LogP contribution in [0.15, 0.2) is 30.3 Å². The molecule has 1 amide bonds. The van der Waals surface area contributed by atoms with Crippen molar-refractivity contribution in [3.8, 4) is 0 Å². The predicted molar refractivity (Wildman–Crippen MR) is 75.6 cm³/mol. The van der Waals surface area contributed by atoms with Gasteiger partial charge in [0.1, 0.15) is 5.41 Å². The predicted octanol–water partition coefficient (Wildman–Crippen LogP) is 1.70. The van der Waals surface area contributed by atoms with Crippen molar-refractivity contribution in [3.63, 3.8) is 0 Å². The average molecular weight is 289 g/mol. The Hall–Kier alpha value is -1.88. The molecule has 2 fully saturated rings. The third kappa shape index (κ3) is 2.12. The molecule has 3 atom stereocenters. The number of carbonyl (C=O) groups is 2. The molecule has 1 N–H and O–H groups in total. The highest BCUT2D eigenvalue weighted by Crippen LogP contribution is 2.45. The molecule has 5 nitrogen and oxygen atoms in total. The summed E-state index contributed by atoms with van der Waals surface area (Å²) < 4.78 is 5.35. The van der Waals surface area contributed by atoms with Gasteiger partial charge in [-0.15, -0.1) is 0 Å². The van der Waals surface area contributed by atoms with E-state index in [-0.39, 0.29) is 25.1 Å². The maximum absolute atomic E-state index is 12.6. The topological polar surface area (TPSA) is 66.8 Å². The van der Waals surface area contributed by atoms with Crippen LogP contribution in [0.1, 0.15) is 24.9 Å². The lowest BCUT2D eigenvalue weighted by Crippen LogP contribution is -2.45. The minimum absolute atomic E-state index is 0.103. The van der Waals surface area contributed by atoms with Gasteiger partial charge < -0.3 is 14.7 Å². The molecular formula is C16H19NO4. The lowest BCUT2D eigenvalue weighted by molar-refractivity contribution is -0.160. The summed E-state index contributed by atoms with van der Waals surface area (Å²) in [4.78, 5) is 26.1. The molecule has 1 aromatic carbocycles. The molecule has 21 heavy (non-hydrogen) atoms. The molecule has 0 saturated carbocycles. The van der Waals surface area contributed by atoms with E-state index in [2.05, 4.69) is 0 Å². The number of aliphatic carboxylic acids is 1. The van der Waals surface area contributed by atoms with Gasteiger partial charge in [0.2, 0.25) is 5.91 Å². The van der Waals surface area contributed by atoms with E-state index in [0.717, 1.165) is 5.56 Å². The molecule has 1 aromatic rings. The zero-order valence-electron chi connectivity index (χ0n) is 12.0. The van der Waals surface area contributed by atoms with Gasteiger partial charge in [-0.05, 0) is 18.9 Å². The highest BCUT2D eigenvalue weighted by Gasteiger charge is 2.59. The van der Waals surface area contributed by atoms with Crippen molar-refractivity contribution in [2.75, 3.05) is 19.8 Å². The first kappa shape index (κ1) is 14.1. The molecule has 2 heterocycles. The van der Waals surface area contributed by atoms with E-state index in [9.17, 15) is 14.7 Å². The van der Waals surface area contributed by atoms with Gasteiger partial charge in [0, 0.05) is 13.2 Å². The molecule has 0 spiro atoms. The van der Waals surface area contributed by atoms with E-state index >= 15 is 0 Å². The molecule has 0 aromatic heterocycles. The Kier molecular flexibility index (Phi) is 3.45. The quantitative estimate of drug-likeness (QED) is 0.919. The summed E-state index contributed by atoms with van der Waals surface area (Å²) >= 11 is 0. The van der Waals surface area contributed by atoms with Gasteiger partial charge in [-0.2, -0.15) is 0 Å². The number of likely N-dealkylation sites (tertiary alicyclic amines) is 1. The summed E-state index contributed by atoms with van der Waals surface area (Å²) in [6.45, 7) is 2.83. The van der Waals surface area contributed by atoms with E-state index in [0.29, 0.717) is 13.0 Å². The number of nitrogens with zero attached hydrogens (tertiary/aromatic N) is 1. The minimum Gasteiger partial charge on any atom is -0.481 e. The fraction of sp³-hybridized carbons (Fsp3) is 0.500. The van der Waals surface area contributed by atoms with Gasteiger partial charge >= 0.3 is 5.97 Å². The van der Waals surface area contributed by atoms with Gasteiger partial charge in [0.05, 0.1) is 18.6 Å². The number of fused-ring (bicyclic) bond motifs is 1. The highest BCUT2D eigenvalue weighted by atomic mass is 16.5. The van der Waals surface area contributed by atoms with Gasteiger partial charge in [-0.25, -0.2) is 0 Å². The maximum Gasteiger partial charge on any atom is 0.312 e. The second kappa shape index (κ2) is 5.15. The van der Waals surface area contributed by atoms with Crippen LogP contribution in [0.4, 0.5) is 0 Å². The Morgan fingerprint density at radius 3 is 2.76 bits per heavy atom. The van der Waals surface area contributed by atoms with Crippen molar-refractivity contribution in [2.45, 2.75) is 19.4 Å². The summed E-state index contributed by atoms with van der Waals surface area (Å²) in [5, 5.41) is 9.65. The van der Waals surface area contributed by atoms with E-state index in [1.807, 2.05) is 37.3 Å².